The van der Waals surface area contributed by atoms with E-state index in [2.05, 4.69) is 21.2 Å². The summed E-state index contributed by atoms with van der Waals surface area (Å²) in [5.41, 5.74) is 0. The van der Waals surface area contributed by atoms with E-state index in [0.717, 1.165) is 4.47 Å². The Morgan fingerprint density at radius 1 is 1.40 bits per heavy atom. The van der Waals surface area contributed by atoms with Crippen molar-refractivity contribution in [3.63, 3.8) is 0 Å². The van der Waals surface area contributed by atoms with Crippen LogP contribution in [0.1, 0.15) is 6.42 Å². The number of aliphatic hydroxyl groups is 1. The summed E-state index contributed by atoms with van der Waals surface area (Å²) >= 11 is 3.33. The molecule has 2 N–H and O–H groups in total. The molecule has 1 aromatic rings. The molecule has 0 amide bonds. The number of nitrogens with one attached hydrogen (secondary N) is 1. The summed E-state index contributed by atoms with van der Waals surface area (Å²) in [5.74, 6) is 1.08. The van der Waals surface area contributed by atoms with Gasteiger partial charge in [0.2, 0.25) is 0 Å². The lowest BCUT2D eigenvalue weighted by atomic mass is 10.2. The predicted molar refractivity (Wildman–Crippen MR) is 80.7 cm³/mol. The molecule has 1 aliphatic heterocycles. The van der Waals surface area contributed by atoms with E-state index in [1.165, 1.54) is 0 Å². The molecule has 0 aromatic heterocycles. The highest BCUT2D eigenvalue weighted by Crippen LogP contribution is 2.16. The number of ether oxygens (including phenoxy) is 1. The molecule has 0 radical (unpaired) electrons. The molecule has 0 aliphatic carbocycles. The summed E-state index contributed by atoms with van der Waals surface area (Å²) in [6, 6.07) is 7.30. The van der Waals surface area contributed by atoms with Crippen molar-refractivity contribution in [3.8, 4) is 5.75 Å². The lowest BCUT2D eigenvalue weighted by Gasteiger charge is -2.16. The number of aliphatic hydroxyl groups excluding tert-OH is 1. The Bertz CT molecular complexity index is 532. The number of hydrogen-bond donors (Lipinski definition) is 2. The van der Waals surface area contributed by atoms with Gasteiger partial charge in [-0.25, -0.2) is 8.42 Å². The fraction of sp³-hybridized carbons (Fsp3) is 0.538. The van der Waals surface area contributed by atoms with Crippen LogP contribution < -0.4 is 10.1 Å². The second kappa shape index (κ2) is 6.89. The molecule has 0 saturated carbocycles. The van der Waals surface area contributed by atoms with E-state index in [4.69, 9.17) is 4.74 Å². The largest absolute Gasteiger partial charge is 0.491 e. The summed E-state index contributed by atoms with van der Waals surface area (Å²) < 4.78 is 29.0. The van der Waals surface area contributed by atoms with Crippen molar-refractivity contribution < 1.29 is 18.3 Å². The monoisotopic (exact) mass is 363 g/mol. The highest BCUT2D eigenvalue weighted by Gasteiger charge is 2.27. The molecular formula is C13H18BrNO4S. The summed E-state index contributed by atoms with van der Waals surface area (Å²) in [6.07, 6.45) is -0.0511. The van der Waals surface area contributed by atoms with Crippen LogP contribution in [0.2, 0.25) is 0 Å². The van der Waals surface area contributed by atoms with Crippen molar-refractivity contribution in [3.05, 3.63) is 28.7 Å². The molecule has 7 heteroatoms. The van der Waals surface area contributed by atoms with E-state index >= 15 is 0 Å². The zero-order chi connectivity index (χ0) is 14.6. The molecule has 1 fully saturated rings. The van der Waals surface area contributed by atoms with Crippen LogP contribution in [0.25, 0.3) is 0 Å². The molecule has 20 heavy (non-hydrogen) atoms. The average Bonchev–Trinajstić information content (AvgIpc) is 2.75. The van der Waals surface area contributed by atoms with Gasteiger partial charge < -0.3 is 15.2 Å². The second-order valence-electron chi connectivity index (χ2n) is 4.93. The van der Waals surface area contributed by atoms with E-state index in [0.29, 0.717) is 18.7 Å². The Morgan fingerprint density at radius 3 is 2.70 bits per heavy atom. The maximum atomic E-state index is 11.3. The maximum absolute atomic E-state index is 11.3. The van der Waals surface area contributed by atoms with Gasteiger partial charge in [-0.3, -0.25) is 0 Å². The van der Waals surface area contributed by atoms with Crippen LogP contribution >= 0.6 is 15.9 Å². The maximum Gasteiger partial charge on any atom is 0.151 e. The highest BCUT2D eigenvalue weighted by atomic mass is 79.9. The van der Waals surface area contributed by atoms with Gasteiger partial charge in [-0.2, -0.15) is 0 Å². The van der Waals surface area contributed by atoms with Crippen molar-refractivity contribution >= 4 is 25.8 Å². The number of sulfone groups is 1. The van der Waals surface area contributed by atoms with Gasteiger partial charge in [0.15, 0.2) is 9.84 Å². The fourth-order valence-corrected chi connectivity index (χ4v) is 4.01. The van der Waals surface area contributed by atoms with Crippen LogP contribution in [0.5, 0.6) is 5.75 Å². The Hall–Kier alpha value is -0.630. The Kier molecular flexibility index (Phi) is 5.42. The summed E-state index contributed by atoms with van der Waals surface area (Å²) in [6.45, 7) is 0.505. The van der Waals surface area contributed by atoms with Crippen LogP contribution in [0.3, 0.4) is 0 Å². The number of halogens is 1. The van der Waals surface area contributed by atoms with Gasteiger partial charge in [-0.1, -0.05) is 15.9 Å². The molecule has 2 atom stereocenters. The molecule has 1 saturated heterocycles. The van der Waals surface area contributed by atoms with Gasteiger partial charge in [0.1, 0.15) is 18.5 Å². The van der Waals surface area contributed by atoms with Crippen LogP contribution in [0, 0.1) is 0 Å². The molecule has 5 nitrogen and oxygen atoms in total. The molecule has 0 bridgehead atoms. The zero-order valence-corrected chi connectivity index (χ0v) is 13.4. The van der Waals surface area contributed by atoms with E-state index in [1.807, 2.05) is 24.3 Å². The lowest BCUT2D eigenvalue weighted by Crippen LogP contribution is -2.38. The number of benzene rings is 1. The van der Waals surface area contributed by atoms with E-state index in [9.17, 15) is 13.5 Å². The molecule has 1 aromatic carbocycles. The third-order valence-corrected chi connectivity index (χ3v) is 5.43. The first-order chi connectivity index (χ1) is 9.44. The van der Waals surface area contributed by atoms with Gasteiger partial charge in [0, 0.05) is 17.1 Å². The van der Waals surface area contributed by atoms with Crippen molar-refractivity contribution in [2.45, 2.75) is 18.6 Å². The van der Waals surface area contributed by atoms with E-state index in [1.54, 1.807) is 0 Å². The molecule has 2 unspecified atom stereocenters. The quantitative estimate of drug-likeness (QED) is 0.787. The van der Waals surface area contributed by atoms with E-state index in [-0.39, 0.29) is 24.2 Å². The van der Waals surface area contributed by atoms with Gasteiger partial charge in [-0.05, 0) is 30.7 Å². The minimum absolute atomic E-state index is 0.0534. The molecule has 0 spiro atoms. The summed E-state index contributed by atoms with van der Waals surface area (Å²) in [4.78, 5) is 0. The molecule has 112 valence electrons. The topological polar surface area (TPSA) is 75.6 Å². The average molecular weight is 364 g/mol. The minimum Gasteiger partial charge on any atom is -0.491 e. The lowest BCUT2D eigenvalue weighted by molar-refractivity contribution is 0.104. The first kappa shape index (κ1) is 15.8. The Balaban J connectivity index is 1.68. The van der Waals surface area contributed by atoms with Crippen molar-refractivity contribution in [2.75, 3.05) is 24.7 Å². The SMILES string of the molecule is O=S1(=O)CCC(NCC(O)COc2ccc(Br)cc2)C1. The van der Waals surface area contributed by atoms with Crippen LogP contribution in [0.4, 0.5) is 0 Å². The minimum atomic E-state index is -2.88. The standard InChI is InChI=1S/C13H18BrNO4S/c14-10-1-3-13(4-2-10)19-8-12(16)7-15-11-5-6-20(17,18)9-11/h1-4,11-12,15-16H,5-9H2. The first-order valence-electron chi connectivity index (χ1n) is 6.45. The third-order valence-electron chi connectivity index (χ3n) is 3.13. The normalized spacial score (nSPS) is 22.6. The van der Waals surface area contributed by atoms with Gasteiger partial charge >= 0.3 is 0 Å². The first-order valence-corrected chi connectivity index (χ1v) is 9.06. The van der Waals surface area contributed by atoms with Crippen molar-refractivity contribution in [1.29, 1.82) is 0 Å². The second-order valence-corrected chi connectivity index (χ2v) is 8.07. The highest BCUT2D eigenvalue weighted by molar-refractivity contribution is 9.10. The smallest absolute Gasteiger partial charge is 0.151 e. The van der Waals surface area contributed by atoms with Crippen molar-refractivity contribution in [1.82, 2.24) is 5.32 Å². The number of hydrogen-bond acceptors (Lipinski definition) is 5. The van der Waals surface area contributed by atoms with Gasteiger partial charge in [0.05, 0.1) is 11.5 Å². The molecular weight excluding hydrogens is 346 g/mol. The van der Waals surface area contributed by atoms with Crippen LogP contribution in [-0.2, 0) is 9.84 Å². The summed E-state index contributed by atoms with van der Waals surface area (Å²) in [7, 11) is -2.88. The Labute approximate surface area is 127 Å². The molecule has 1 aliphatic rings. The molecule has 1 heterocycles. The Morgan fingerprint density at radius 2 is 2.10 bits per heavy atom. The van der Waals surface area contributed by atoms with Crippen molar-refractivity contribution in [2.24, 2.45) is 0 Å². The zero-order valence-electron chi connectivity index (χ0n) is 11.0. The fourth-order valence-electron chi connectivity index (χ4n) is 2.04. The van der Waals surface area contributed by atoms with Gasteiger partial charge in [0.25, 0.3) is 0 Å². The molecule has 2 rings (SSSR count). The van der Waals surface area contributed by atoms with Gasteiger partial charge in [-0.15, -0.1) is 0 Å². The summed E-state index contributed by atoms with van der Waals surface area (Å²) in [5, 5.41) is 12.9. The number of rotatable bonds is 6. The van der Waals surface area contributed by atoms with E-state index < -0.39 is 15.9 Å². The third kappa shape index (κ3) is 5.05. The van der Waals surface area contributed by atoms with Crippen LogP contribution in [0.15, 0.2) is 28.7 Å². The predicted octanol–water partition coefficient (Wildman–Crippen LogP) is 0.966. The van der Waals surface area contributed by atoms with Crippen LogP contribution in [-0.4, -0.2) is 50.3 Å².